The maximum Gasteiger partial charge on any atom is 0.323 e. The van der Waals surface area contributed by atoms with E-state index in [1.807, 2.05) is 31.2 Å². The number of nitrogens with zero attached hydrogens (tertiary/aromatic N) is 2. The number of carboxylic acid groups (broad SMARTS) is 1. The van der Waals surface area contributed by atoms with Crippen LogP contribution in [0.4, 0.5) is 8.78 Å². The van der Waals surface area contributed by atoms with Crippen molar-refractivity contribution in [3.63, 3.8) is 0 Å². The Hall–Kier alpha value is -3.74. The monoisotopic (exact) mass is 408 g/mol. The summed E-state index contributed by atoms with van der Waals surface area (Å²) in [4.78, 5) is 23.7. The average molecular weight is 408 g/mol. The van der Waals surface area contributed by atoms with Gasteiger partial charge in [-0.15, -0.1) is 0 Å². The molecule has 0 aliphatic rings. The summed E-state index contributed by atoms with van der Waals surface area (Å²) in [5, 5.41) is 10.1. The van der Waals surface area contributed by atoms with Crippen molar-refractivity contribution in [1.29, 1.82) is 0 Å². The van der Waals surface area contributed by atoms with Crippen LogP contribution < -0.4 is 5.56 Å². The quantitative estimate of drug-likeness (QED) is 0.539. The third-order valence-electron chi connectivity index (χ3n) is 5.17. The normalized spacial score (nSPS) is 11.2. The van der Waals surface area contributed by atoms with Gasteiger partial charge >= 0.3 is 5.97 Å². The Bertz CT molecular complexity index is 1340. The number of pyridine rings is 1. The molecule has 152 valence electrons. The van der Waals surface area contributed by atoms with Gasteiger partial charge in [0.25, 0.3) is 5.56 Å². The minimum absolute atomic E-state index is 0.0688. The van der Waals surface area contributed by atoms with E-state index in [9.17, 15) is 23.5 Å². The van der Waals surface area contributed by atoms with Crippen molar-refractivity contribution >= 4 is 16.9 Å². The Morgan fingerprint density at radius 3 is 2.57 bits per heavy atom. The van der Waals surface area contributed by atoms with Gasteiger partial charge in [0.2, 0.25) is 0 Å². The summed E-state index contributed by atoms with van der Waals surface area (Å²) in [6.07, 6.45) is 1.59. The first-order chi connectivity index (χ1) is 14.4. The first-order valence-corrected chi connectivity index (χ1v) is 9.30. The summed E-state index contributed by atoms with van der Waals surface area (Å²) in [5.74, 6) is -2.91. The highest BCUT2D eigenvalue weighted by Crippen LogP contribution is 2.34. The van der Waals surface area contributed by atoms with E-state index in [2.05, 4.69) is 0 Å². The van der Waals surface area contributed by atoms with Crippen molar-refractivity contribution in [2.45, 2.75) is 20.0 Å². The number of benzene rings is 2. The second-order valence-corrected chi connectivity index (χ2v) is 7.05. The molecule has 0 fully saturated rings. The minimum Gasteiger partial charge on any atom is -0.480 e. The van der Waals surface area contributed by atoms with Gasteiger partial charge in [0, 0.05) is 45.6 Å². The molecule has 0 aliphatic heterocycles. The summed E-state index contributed by atoms with van der Waals surface area (Å²) >= 11 is 0. The van der Waals surface area contributed by atoms with Crippen LogP contribution in [0.5, 0.6) is 0 Å². The van der Waals surface area contributed by atoms with Gasteiger partial charge in [0.15, 0.2) is 11.6 Å². The van der Waals surface area contributed by atoms with Crippen LogP contribution in [0.25, 0.3) is 22.0 Å². The molecule has 2 aromatic heterocycles. The van der Waals surface area contributed by atoms with Crippen LogP contribution in [0.2, 0.25) is 0 Å². The third-order valence-corrected chi connectivity index (χ3v) is 5.17. The molecule has 1 N–H and O–H groups in total. The van der Waals surface area contributed by atoms with Crippen molar-refractivity contribution in [3.05, 3.63) is 94.0 Å². The highest BCUT2D eigenvalue weighted by atomic mass is 19.2. The lowest BCUT2D eigenvalue weighted by molar-refractivity contribution is -0.137. The Morgan fingerprint density at radius 1 is 1.03 bits per heavy atom. The summed E-state index contributed by atoms with van der Waals surface area (Å²) in [7, 11) is 0. The predicted octanol–water partition coefficient (Wildman–Crippen LogP) is 4.19. The molecular weight excluding hydrogens is 390 g/mol. The molecule has 0 spiro atoms. The maximum atomic E-state index is 14.1. The standard InChI is InChI=1S/C23H18F2N2O3/c1-14-22(17-6-2-3-8-19(17)27(14)13-21(29)30)15-9-10-20(28)26(11-15)12-16-5-4-7-18(24)23(16)25/h2-11H,12-13H2,1H3,(H,29,30). The lowest BCUT2D eigenvalue weighted by atomic mass is 10.0. The molecule has 2 aromatic carbocycles. The largest absolute Gasteiger partial charge is 0.480 e. The van der Waals surface area contributed by atoms with Gasteiger partial charge in [-0.05, 0) is 25.1 Å². The van der Waals surface area contributed by atoms with Crippen molar-refractivity contribution < 1.29 is 18.7 Å². The second kappa shape index (κ2) is 7.59. The lowest BCUT2D eigenvalue weighted by Crippen LogP contribution is -2.20. The van der Waals surface area contributed by atoms with Gasteiger partial charge in [-0.1, -0.05) is 30.3 Å². The Kier molecular flexibility index (Phi) is 4.95. The molecule has 5 nitrogen and oxygen atoms in total. The van der Waals surface area contributed by atoms with E-state index in [1.54, 1.807) is 16.8 Å². The number of hydrogen-bond donors (Lipinski definition) is 1. The molecule has 0 saturated carbocycles. The van der Waals surface area contributed by atoms with Gasteiger partial charge in [-0.2, -0.15) is 0 Å². The molecule has 4 aromatic rings. The van der Waals surface area contributed by atoms with Crippen molar-refractivity contribution in [2.24, 2.45) is 0 Å². The first kappa shape index (κ1) is 19.6. The van der Waals surface area contributed by atoms with Gasteiger partial charge in [0.05, 0.1) is 6.54 Å². The van der Waals surface area contributed by atoms with Crippen LogP contribution in [-0.2, 0) is 17.9 Å². The Morgan fingerprint density at radius 2 is 1.80 bits per heavy atom. The van der Waals surface area contributed by atoms with E-state index in [4.69, 9.17) is 0 Å². The van der Waals surface area contributed by atoms with E-state index in [-0.39, 0.29) is 24.2 Å². The topological polar surface area (TPSA) is 64.2 Å². The Balaban J connectivity index is 1.86. The van der Waals surface area contributed by atoms with E-state index < -0.39 is 17.6 Å². The molecule has 0 bridgehead atoms. The van der Waals surface area contributed by atoms with Crippen molar-refractivity contribution in [1.82, 2.24) is 9.13 Å². The number of carbonyl (C=O) groups is 1. The zero-order valence-electron chi connectivity index (χ0n) is 16.1. The fraction of sp³-hybridized carbons (Fsp3) is 0.130. The molecule has 0 unspecified atom stereocenters. The molecule has 0 atom stereocenters. The number of aliphatic carboxylic acids is 1. The van der Waals surface area contributed by atoms with Crippen LogP contribution in [0, 0.1) is 18.6 Å². The smallest absolute Gasteiger partial charge is 0.323 e. The van der Waals surface area contributed by atoms with Crippen LogP contribution in [0.1, 0.15) is 11.3 Å². The van der Waals surface area contributed by atoms with Crippen LogP contribution in [0.3, 0.4) is 0 Å². The van der Waals surface area contributed by atoms with Crippen molar-refractivity contribution in [3.8, 4) is 11.1 Å². The predicted molar refractivity (Wildman–Crippen MR) is 109 cm³/mol. The number of para-hydroxylation sites is 1. The molecule has 0 radical (unpaired) electrons. The molecular formula is C23H18F2N2O3. The molecule has 0 aliphatic carbocycles. The van der Waals surface area contributed by atoms with Crippen LogP contribution in [-0.4, -0.2) is 20.2 Å². The van der Waals surface area contributed by atoms with Crippen molar-refractivity contribution in [2.75, 3.05) is 0 Å². The highest BCUT2D eigenvalue weighted by Gasteiger charge is 2.18. The number of halogens is 2. The first-order valence-electron chi connectivity index (χ1n) is 9.30. The second-order valence-electron chi connectivity index (χ2n) is 7.05. The summed E-state index contributed by atoms with van der Waals surface area (Å²) in [5.41, 5.74) is 2.69. The van der Waals surface area contributed by atoms with E-state index in [0.717, 1.165) is 28.2 Å². The molecule has 0 amide bonds. The number of hydrogen-bond acceptors (Lipinski definition) is 2. The molecule has 2 heterocycles. The molecule has 0 saturated heterocycles. The van der Waals surface area contributed by atoms with E-state index in [0.29, 0.717) is 5.56 Å². The maximum absolute atomic E-state index is 14.1. The zero-order valence-corrected chi connectivity index (χ0v) is 16.1. The van der Waals surface area contributed by atoms with Gasteiger partial charge in [-0.3, -0.25) is 9.59 Å². The summed E-state index contributed by atoms with van der Waals surface area (Å²) < 4.78 is 30.7. The van der Waals surface area contributed by atoms with Gasteiger partial charge in [-0.25, -0.2) is 8.78 Å². The van der Waals surface area contributed by atoms with Gasteiger partial charge < -0.3 is 14.2 Å². The SMILES string of the molecule is Cc1c(-c2ccc(=O)n(Cc3cccc(F)c3F)c2)c2ccccc2n1CC(=O)O. The molecule has 4 rings (SSSR count). The highest BCUT2D eigenvalue weighted by molar-refractivity contribution is 5.98. The van der Waals surface area contributed by atoms with E-state index in [1.165, 1.54) is 22.8 Å². The van der Waals surface area contributed by atoms with Gasteiger partial charge in [0.1, 0.15) is 6.54 Å². The number of carboxylic acids is 1. The van der Waals surface area contributed by atoms with E-state index >= 15 is 0 Å². The summed E-state index contributed by atoms with van der Waals surface area (Å²) in [6, 6.07) is 14.3. The molecule has 7 heteroatoms. The molecule has 30 heavy (non-hydrogen) atoms. The number of rotatable bonds is 5. The number of aromatic nitrogens is 2. The zero-order chi connectivity index (χ0) is 21.4. The number of fused-ring (bicyclic) bond motifs is 1. The fourth-order valence-electron chi connectivity index (χ4n) is 3.79. The summed E-state index contributed by atoms with van der Waals surface area (Å²) in [6.45, 7) is 1.50. The van der Waals surface area contributed by atoms with Crippen LogP contribution >= 0.6 is 0 Å². The minimum atomic E-state index is -0.982. The average Bonchev–Trinajstić information content (AvgIpc) is 2.98. The third kappa shape index (κ3) is 3.39. The fourth-order valence-corrected chi connectivity index (χ4v) is 3.79. The van der Waals surface area contributed by atoms with Crippen LogP contribution in [0.15, 0.2) is 65.6 Å². The lowest BCUT2D eigenvalue weighted by Gasteiger charge is -2.11. The Labute approximate surface area is 170 Å².